The summed E-state index contributed by atoms with van der Waals surface area (Å²) in [6.45, 7) is 0. The van der Waals surface area contributed by atoms with Crippen molar-refractivity contribution in [1.82, 2.24) is 25.4 Å². The Morgan fingerprint density at radius 3 is 2.80 bits per heavy atom. The molecule has 2 aromatic rings. The highest BCUT2D eigenvalue weighted by atomic mass is 32.2. The van der Waals surface area contributed by atoms with Crippen LogP contribution in [0.25, 0.3) is 0 Å². The number of amides is 2. The third kappa shape index (κ3) is 5.58. The molecular formula is C18H17N5O9S3. The molecule has 4 heterocycles. The van der Waals surface area contributed by atoms with Gasteiger partial charge in [0.05, 0.1) is 6.42 Å². The fourth-order valence-electron chi connectivity index (χ4n) is 3.45. The second-order valence-corrected chi connectivity index (χ2v) is 10.9. The zero-order valence-corrected chi connectivity index (χ0v) is 20.0. The van der Waals surface area contributed by atoms with E-state index in [1.807, 2.05) is 0 Å². The molecular weight excluding hydrogens is 526 g/mol. The summed E-state index contributed by atoms with van der Waals surface area (Å²) in [6, 6.07) is 2.13. The topological polar surface area (TPSA) is 213 Å². The summed E-state index contributed by atoms with van der Waals surface area (Å²) in [7, 11) is -4.35. The molecule has 4 N–H and O–H groups in total. The Balaban J connectivity index is 1.42. The summed E-state index contributed by atoms with van der Waals surface area (Å²) in [4.78, 5) is 52.3. The van der Waals surface area contributed by atoms with Crippen molar-refractivity contribution in [3.05, 3.63) is 51.4 Å². The molecule has 0 radical (unpaired) electrons. The number of hydrogen-bond acceptors (Lipinski definition) is 11. The van der Waals surface area contributed by atoms with Crippen LogP contribution in [0.15, 0.2) is 44.0 Å². The van der Waals surface area contributed by atoms with Crippen LogP contribution in [0.5, 0.6) is 0 Å². The van der Waals surface area contributed by atoms with Crippen LogP contribution in [0.3, 0.4) is 0 Å². The fourth-order valence-corrected chi connectivity index (χ4v) is 6.14. The molecule has 1 fully saturated rings. The van der Waals surface area contributed by atoms with Gasteiger partial charge in [0.15, 0.2) is 5.75 Å². The third-order valence-electron chi connectivity index (χ3n) is 4.94. The number of carboxylic acids is 1. The number of aliphatic carboxylic acids is 1. The maximum atomic E-state index is 12.7. The van der Waals surface area contributed by atoms with E-state index in [-0.39, 0.29) is 40.3 Å². The van der Waals surface area contributed by atoms with Crippen LogP contribution in [0.1, 0.15) is 11.5 Å². The van der Waals surface area contributed by atoms with E-state index in [9.17, 15) is 32.7 Å². The number of nitrogens with one attached hydrogen (secondary N) is 2. The molecule has 2 aliphatic heterocycles. The largest absolute Gasteiger partial charge is 0.477 e. The van der Waals surface area contributed by atoms with Crippen LogP contribution in [0, 0.1) is 0 Å². The van der Waals surface area contributed by atoms with Gasteiger partial charge in [0.25, 0.3) is 26.8 Å². The number of nitrogens with zero attached hydrogens (tertiary/aromatic N) is 3. The Kier molecular flexibility index (Phi) is 7.02. The van der Waals surface area contributed by atoms with Crippen LogP contribution in [0.2, 0.25) is 0 Å². The number of pyridine rings is 1. The lowest BCUT2D eigenvalue weighted by molar-refractivity contribution is -0.150. The minimum absolute atomic E-state index is 0.0380. The quantitative estimate of drug-likeness (QED) is 0.174. The Morgan fingerprint density at radius 2 is 2.11 bits per heavy atom. The molecule has 2 atom stereocenters. The van der Waals surface area contributed by atoms with Crippen LogP contribution < -0.4 is 10.9 Å². The standard InChI is InChI=1S/C18H17N5O9S3/c24-10(4-8-2-1-3-19-14(8)25)20-12-15(26)23-13(17(27)28)9(5-33-16(12)23)6-34-18-22-21-11(32-18)7-35(29,30)31/h1-3,12,16H,4-7H2,(H,19,25)(H,20,24)(H,27,28)(H,29,30,31)/t12?,16-/m0/s1. The van der Waals surface area contributed by atoms with E-state index in [0.29, 0.717) is 5.57 Å². The van der Waals surface area contributed by atoms with Gasteiger partial charge in [0, 0.05) is 23.3 Å². The molecule has 14 nitrogen and oxygen atoms in total. The van der Waals surface area contributed by atoms with Gasteiger partial charge in [-0.25, -0.2) is 4.79 Å². The molecule has 2 aliphatic rings. The molecule has 1 unspecified atom stereocenters. The average Bonchev–Trinajstić information content (AvgIpc) is 3.22. The van der Waals surface area contributed by atoms with E-state index in [1.54, 1.807) is 6.07 Å². The van der Waals surface area contributed by atoms with Gasteiger partial charge in [-0.15, -0.1) is 22.0 Å². The van der Waals surface area contributed by atoms with Crippen LogP contribution in [-0.4, -0.2) is 78.9 Å². The number of carbonyl (C=O) groups is 3. The van der Waals surface area contributed by atoms with Crippen molar-refractivity contribution in [3.63, 3.8) is 0 Å². The van der Waals surface area contributed by atoms with Gasteiger partial charge in [-0.1, -0.05) is 17.8 Å². The van der Waals surface area contributed by atoms with Crippen molar-refractivity contribution in [2.24, 2.45) is 0 Å². The number of carboxylic acid groups (broad SMARTS) is 1. The second-order valence-electron chi connectivity index (χ2n) is 7.39. The zero-order chi connectivity index (χ0) is 25.3. The molecule has 35 heavy (non-hydrogen) atoms. The summed E-state index contributed by atoms with van der Waals surface area (Å²) in [6.07, 6.45) is 1.20. The van der Waals surface area contributed by atoms with Gasteiger partial charge in [-0.3, -0.25) is 23.8 Å². The zero-order valence-electron chi connectivity index (χ0n) is 17.5. The minimum Gasteiger partial charge on any atom is -0.477 e. The van der Waals surface area contributed by atoms with Gasteiger partial charge in [0.1, 0.15) is 17.1 Å². The number of carbonyl (C=O) groups excluding carboxylic acids is 2. The Morgan fingerprint density at radius 1 is 1.34 bits per heavy atom. The lowest BCUT2D eigenvalue weighted by atomic mass is 10.0. The molecule has 1 saturated heterocycles. The maximum Gasteiger partial charge on any atom is 0.352 e. The summed E-state index contributed by atoms with van der Waals surface area (Å²) >= 11 is 2.21. The predicted molar refractivity (Wildman–Crippen MR) is 121 cm³/mol. The van der Waals surface area contributed by atoms with Crippen molar-refractivity contribution in [3.8, 4) is 0 Å². The number of fused-ring (bicyclic) bond motifs is 1. The van der Waals surface area contributed by atoms with E-state index >= 15 is 0 Å². The first-order chi connectivity index (χ1) is 16.5. The average molecular weight is 544 g/mol. The van der Waals surface area contributed by atoms with E-state index in [4.69, 9.17) is 8.97 Å². The minimum atomic E-state index is -4.35. The van der Waals surface area contributed by atoms with Crippen molar-refractivity contribution < 1.29 is 36.9 Å². The highest BCUT2D eigenvalue weighted by Gasteiger charge is 2.54. The predicted octanol–water partition coefficient (Wildman–Crippen LogP) is -0.781. The number of aromatic amines is 1. The van der Waals surface area contributed by atoms with E-state index < -0.39 is 50.6 Å². The Hall–Kier alpha value is -3.15. The van der Waals surface area contributed by atoms with Crippen molar-refractivity contribution >= 4 is 51.4 Å². The van der Waals surface area contributed by atoms with Gasteiger partial charge in [-0.05, 0) is 11.6 Å². The summed E-state index contributed by atoms with van der Waals surface area (Å²) < 4.78 is 35.8. The number of H-pyrrole nitrogens is 1. The molecule has 0 bridgehead atoms. The highest BCUT2D eigenvalue weighted by molar-refractivity contribution is 8.01. The van der Waals surface area contributed by atoms with Gasteiger partial charge in [0.2, 0.25) is 11.8 Å². The van der Waals surface area contributed by atoms with Crippen molar-refractivity contribution in [1.29, 1.82) is 0 Å². The monoisotopic (exact) mass is 543 g/mol. The first-order valence-corrected chi connectivity index (χ1v) is 13.4. The first kappa shape index (κ1) is 25.0. The highest BCUT2D eigenvalue weighted by Crippen LogP contribution is 2.41. The summed E-state index contributed by atoms with van der Waals surface area (Å²) in [5, 5.41) is 18.8. The second kappa shape index (κ2) is 9.84. The number of rotatable bonds is 9. The van der Waals surface area contributed by atoms with Crippen LogP contribution >= 0.6 is 23.5 Å². The maximum absolute atomic E-state index is 12.7. The van der Waals surface area contributed by atoms with E-state index in [2.05, 4.69) is 20.5 Å². The number of β-lactam (4-membered cyclic amide) rings is 1. The normalized spacial score (nSPS) is 19.8. The summed E-state index contributed by atoms with van der Waals surface area (Å²) in [5.74, 6) is -3.33. The fraction of sp³-hybridized carbons (Fsp3) is 0.333. The molecule has 0 aromatic carbocycles. The molecule has 0 aliphatic carbocycles. The smallest absolute Gasteiger partial charge is 0.352 e. The van der Waals surface area contributed by atoms with Crippen molar-refractivity contribution in [2.75, 3.05) is 11.5 Å². The third-order valence-corrected chi connectivity index (χ3v) is 7.80. The van der Waals surface area contributed by atoms with Gasteiger partial charge < -0.3 is 19.8 Å². The number of aromatic nitrogens is 3. The summed E-state index contributed by atoms with van der Waals surface area (Å²) in [5.41, 5.74) is -0.00173. The molecule has 0 saturated carbocycles. The first-order valence-electron chi connectivity index (χ1n) is 9.80. The lowest BCUT2D eigenvalue weighted by Crippen LogP contribution is -2.70. The molecule has 2 aromatic heterocycles. The molecule has 186 valence electrons. The number of hydrogen-bond donors (Lipinski definition) is 4. The van der Waals surface area contributed by atoms with Crippen LogP contribution in [0.4, 0.5) is 0 Å². The molecule has 2 amide bonds. The lowest BCUT2D eigenvalue weighted by Gasteiger charge is -2.49. The SMILES string of the molecule is O=C(Cc1ccc[nH]c1=O)NC1C(=O)N2C(C(=O)O)=C(CSc3nnc(CS(=O)(=O)O)o3)CS[C@@H]12. The van der Waals surface area contributed by atoms with Crippen LogP contribution in [-0.2, 0) is 36.7 Å². The van der Waals surface area contributed by atoms with Gasteiger partial charge in [-0.2, -0.15) is 8.42 Å². The molecule has 4 rings (SSSR count). The Bertz CT molecular complexity index is 1380. The molecule has 0 spiro atoms. The Labute approximate surface area is 205 Å². The van der Waals surface area contributed by atoms with E-state index in [1.165, 1.54) is 24.0 Å². The number of thioether (sulfide) groups is 2. The van der Waals surface area contributed by atoms with E-state index in [0.717, 1.165) is 16.7 Å². The van der Waals surface area contributed by atoms with Crippen molar-refractivity contribution in [2.45, 2.75) is 28.8 Å². The molecule has 17 heteroatoms. The van der Waals surface area contributed by atoms with Gasteiger partial charge >= 0.3 is 5.97 Å².